The van der Waals surface area contributed by atoms with Gasteiger partial charge in [0.15, 0.2) is 8.32 Å². The first kappa shape index (κ1) is 33.0. The van der Waals surface area contributed by atoms with Crippen LogP contribution in [0.4, 0.5) is 0 Å². The molecule has 226 valence electrons. The summed E-state index contributed by atoms with van der Waals surface area (Å²) in [5.74, 6) is 0.873. The van der Waals surface area contributed by atoms with Gasteiger partial charge in [0.25, 0.3) is 0 Å². The van der Waals surface area contributed by atoms with Crippen molar-refractivity contribution in [3.8, 4) is 11.5 Å². The monoisotopic (exact) mass is 601 g/mol. The Balaban J connectivity index is 2.08. The van der Waals surface area contributed by atoms with Gasteiger partial charge in [-0.25, -0.2) is 9.78 Å². The first-order valence-electron chi connectivity index (χ1n) is 14.2. The molecule has 0 saturated carbocycles. The Kier molecular flexibility index (Phi) is 10.7. The van der Waals surface area contributed by atoms with Crippen molar-refractivity contribution in [1.29, 1.82) is 0 Å². The molecule has 41 heavy (non-hydrogen) atoms. The lowest BCUT2D eigenvalue weighted by Gasteiger charge is -2.42. The van der Waals surface area contributed by atoms with Crippen molar-refractivity contribution in [1.82, 2.24) is 4.98 Å². The van der Waals surface area contributed by atoms with E-state index >= 15 is 0 Å². The molecule has 0 fully saturated rings. The van der Waals surface area contributed by atoms with Crippen molar-refractivity contribution in [2.24, 2.45) is 5.92 Å². The number of thiazole rings is 1. The molecular formula is C32H47NO6SSi. The summed E-state index contributed by atoms with van der Waals surface area (Å²) in [4.78, 5) is 16.7. The van der Waals surface area contributed by atoms with Crippen LogP contribution < -0.4 is 9.47 Å². The van der Waals surface area contributed by atoms with Gasteiger partial charge in [-0.05, 0) is 79.7 Å². The molecule has 0 bridgehead atoms. The maximum Gasteiger partial charge on any atom is 0.337 e. The van der Waals surface area contributed by atoms with Crippen molar-refractivity contribution in [3.63, 3.8) is 0 Å². The number of aryl methyl sites for hydroxylation is 2. The number of aromatic nitrogens is 1. The number of hydrogen-bond donors (Lipinski definition) is 1. The topological polar surface area (TPSA) is 87.1 Å². The molecule has 3 rings (SSSR count). The summed E-state index contributed by atoms with van der Waals surface area (Å²) >= 11 is 1.55. The minimum atomic E-state index is -2.24. The zero-order chi connectivity index (χ0) is 30.7. The lowest BCUT2D eigenvalue weighted by atomic mass is 9.98. The number of carbonyl (C=O) groups is 1. The van der Waals surface area contributed by atoms with E-state index < -0.39 is 14.3 Å². The second-order valence-electron chi connectivity index (χ2n) is 12.7. The van der Waals surface area contributed by atoms with Gasteiger partial charge in [-0.15, -0.1) is 11.3 Å². The predicted octanol–water partition coefficient (Wildman–Crippen LogP) is 8.37. The van der Waals surface area contributed by atoms with Gasteiger partial charge in [0.05, 0.1) is 47.2 Å². The number of fused-ring (bicyclic) bond motifs is 1. The summed E-state index contributed by atoms with van der Waals surface area (Å²) in [5, 5.41) is 10.6. The van der Waals surface area contributed by atoms with Gasteiger partial charge in [0.1, 0.15) is 11.5 Å². The number of methoxy groups -OCH3 is 2. The van der Waals surface area contributed by atoms with Gasteiger partial charge in [-0.1, -0.05) is 34.6 Å². The van der Waals surface area contributed by atoms with Crippen LogP contribution in [-0.2, 0) is 15.6 Å². The van der Waals surface area contributed by atoms with Crippen LogP contribution in [0.2, 0.25) is 18.1 Å². The van der Waals surface area contributed by atoms with Gasteiger partial charge < -0.3 is 23.7 Å². The molecule has 0 saturated heterocycles. The molecule has 1 heterocycles. The number of hydrogen-bond acceptors (Lipinski definition) is 7. The Morgan fingerprint density at radius 1 is 1.05 bits per heavy atom. The molecule has 0 unspecified atom stereocenters. The molecule has 1 N–H and O–H groups in total. The Labute approximate surface area is 250 Å². The first-order chi connectivity index (χ1) is 19.1. The zero-order valence-electron chi connectivity index (χ0n) is 26.5. The van der Waals surface area contributed by atoms with Crippen molar-refractivity contribution in [2.45, 2.75) is 91.6 Å². The largest absolute Gasteiger partial charge is 0.496 e. The molecule has 0 radical (unpaired) electrons. The van der Waals surface area contributed by atoms with Gasteiger partial charge in [-0.3, -0.25) is 0 Å². The molecule has 1 aromatic heterocycles. The number of carboxylic acids is 1. The Morgan fingerprint density at radius 2 is 1.66 bits per heavy atom. The fourth-order valence-electron chi connectivity index (χ4n) is 4.51. The van der Waals surface area contributed by atoms with Crippen LogP contribution in [0.1, 0.15) is 79.2 Å². The van der Waals surface area contributed by atoms with Crippen molar-refractivity contribution >= 4 is 35.8 Å². The SMILES string of the molecule is COc1cc([C@@H](O[Si](C)(C)C(C)(C)C)[C@H](CCc2nc3c(C(=O)O)cc(C)cc3s2)OCC(C)C)cc(OC)c1C. The second-order valence-corrected chi connectivity index (χ2v) is 18.6. The minimum Gasteiger partial charge on any atom is -0.496 e. The lowest BCUT2D eigenvalue weighted by Crippen LogP contribution is -2.44. The molecule has 0 aliphatic rings. The Bertz CT molecular complexity index is 1340. The van der Waals surface area contributed by atoms with Gasteiger partial charge in [-0.2, -0.15) is 0 Å². The predicted molar refractivity (Wildman–Crippen MR) is 170 cm³/mol. The van der Waals surface area contributed by atoms with E-state index in [1.807, 2.05) is 32.0 Å². The summed E-state index contributed by atoms with van der Waals surface area (Å²) in [6.07, 6.45) is 0.671. The van der Waals surface area contributed by atoms with Crippen LogP contribution in [0, 0.1) is 19.8 Å². The average Bonchev–Trinajstić information content (AvgIpc) is 3.29. The van der Waals surface area contributed by atoms with E-state index in [4.69, 9.17) is 23.6 Å². The molecule has 2 atom stereocenters. The molecule has 7 nitrogen and oxygen atoms in total. The van der Waals surface area contributed by atoms with E-state index in [0.717, 1.165) is 37.9 Å². The zero-order valence-corrected chi connectivity index (χ0v) is 28.3. The molecule has 0 amide bonds. The highest BCUT2D eigenvalue weighted by Crippen LogP contribution is 2.43. The highest BCUT2D eigenvalue weighted by atomic mass is 32.1. The number of nitrogens with zero attached hydrogens (tertiary/aromatic N) is 1. The van der Waals surface area contributed by atoms with E-state index in [2.05, 4.69) is 47.7 Å². The van der Waals surface area contributed by atoms with Gasteiger partial charge in [0.2, 0.25) is 0 Å². The van der Waals surface area contributed by atoms with Crippen LogP contribution in [0.3, 0.4) is 0 Å². The van der Waals surface area contributed by atoms with Crippen LogP contribution in [0.25, 0.3) is 10.2 Å². The van der Waals surface area contributed by atoms with Crippen molar-refractivity contribution in [3.05, 3.63) is 51.5 Å². The summed E-state index contributed by atoms with van der Waals surface area (Å²) in [6, 6.07) is 7.77. The summed E-state index contributed by atoms with van der Waals surface area (Å²) in [7, 11) is 1.10. The second kappa shape index (κ2) is 13.2. The molecule has 0 aliphatic carbocycles. The number of ether oxygens (including phenoxy) is 3. The maximum absolute atomic E-state index is 11.9. The molecule has 0 aliphatic heterocycles. The number of rotatable bonds is 13. The van der Waals surface area contributed by atoms with Gasteiger partial charge in [0, 0.05) is 18.6 Å². The lowest BCUT2D eigenvalue weighted by molar-refractivity contribution is -0.0459. The van der Waals surface area contributed by atoms with Crippen LogP contribution in [-0.4, -0.2) is 51.3 Å². The fourth-order valence-corrected chi connectivity index (χ4v) is 6.89. The molecule has 3 aromatic rings. The van der Waals surface area contributed by atoms with E-state index in [1.165, 1.54) is 0 Å². The molecular weight excluding hydrogens is 555 g/mol. The maximum atomic E-state index is 11.9. The van der Waals surface area contributed by atoms with Gasteiger partial charge >= 0.3 is 5.97 Å². The smallest absolute Gasteiger partial charge is 0.337 e. The van der Waals surface area contributed by atoms with E-state index in [0.29, 0.717) is 30.9 Å². The third-order valence-electron chi connectivity index (χ3n) is 7.87. The van der Waals surface area contributed by atoms with Crippen LogP contribution >= 0.6 is 11.3 Å². The highest BCUT2D eigenvalue weighted by molar-refractivity contribution is 7.18. The van der Waals surface area contributed by atoms with E-state index in [1.54, 1.807) is 31.6 Å². The summed E-state index contributed by atoms with van der Waals surface area (Å²) in [6.45, 7) is 20.0. The standard InChI is InChI=1S/C32H47NO6SSi/c1-19(2)18-38-24(12-13-28-33-29-23(31(34)35)14-20(3)15-27(29)40-28)30(39-41(10,11)32(5,6)7)22-16-25(36-8)21(4)26(17-22)37-9/h14-17,19,24,30H,12-13,18H2,1-11H3,(H,34,35)/t24-,30+/m0/s1. The fraction of sp³-hybridized carbons (Fsp3) is 0.562. The molecule has 2 aromatic carbocycles. The normalized spacial score (nSPS) is 14.0. The molecule has 0 spiro atoms. The summed E-state index contributed by atoms with van der Waals surface area (Å²) < 4.78 is 26.1. The molecule has 9 heteroatoms. The Hall–Kier alpha value is -2.46. The van der Waals surface area contributed by atoms with Crippen LogP contribution in [0.5, 0.6) is 11.5 Å². The minimum absolute atomic E-state index is 0.00909. The number of carboxylic acid groups (broad SMARTS) is 1. The Morgan fingerprint density at radius 3 is 2.17 bits per heavy atom. The average molecular weight is 602 g/mol. The number of benzene rings is 2. The third-order valence-corrected chi connectivity index (χ3v) is 13.4. The summed E-state index contributed by atoms with van der Waals surface area (Å²) in [5.41, 5.74) is 3.59. The quantitative estimate of drug-likeness (QED) is 0.197. The first-order valence-corrected chi connectivity index (χ1v) is 18.0. The number of aromatic carboxylic acids is 1. The van der Waals surface area contributed by atoms with E-state index in [9.17, 15) is 9.90 Å². The van der Waals surface area contributed by atoms with Crippen LogP contribution in [0.15, 0.2) is 24.3 Å². The van der Waals surface area contributed by atoms with E-state index in [-0.39, 0.29) is 22.8 Å². The third kappa shape index (κ3) is 7.88. The van der Waals surface area contributed by atoms with Crippen molar-refractivity contribution in [2.75, 3.05) is 20.8 Å². The highest BCUT2D eigenvalue weighted by Gasteiger charge is 2.42. The van der Waals surface area contributed by atoms with Crippen molar-refractivity contribution < 1.29 is 28.5 Å².